The molecule has 0 saturated carbocycles. The van der Waals surface area contributed by atoms with Crippen LogP contribution < -0.4 is 4.72 Å². The first-order chi connectivity index (χ1) is 12.0. The fourth-order valence-corrected chi connectivity index (χ4v) is 4.29. The lowest BCUT2D eigenvalue weighted by molar-refractivity contribution is 0.0342. The minimum atomic E-state index is -3.52. The summed E-state index contributed by atoms with van der Waals surface area (Å²) < 4.78 is 33.4. The van der Waals surface area contributed by atoms with Crippen LogP contribution in [0, 0.1) is 0 Å². The predicted molar refractivity (Wildman–Crippen MR) is 101 cm³/mol. The van der Waals surface area contributed by atoms with Crippen LogP contribution in [-0.2, 0) is 27.8 Å². The molecule has 2 aromatic carbocycles. The maximum Gasteiger partial charge on any atom is 0.240 e. The molecule has 0 radical (unpaired) electrons. The molecule has 0 bridgehead atoms. The first-order valence-electron chi connectivity index (χ1n) is 8.16. The second kappa shape index (κ2) is 8.42. The Morgan fingerprint density at radius 2 is 1.72 bits per heavy atom. The van der Waals surface area contributed by atoms with Crippen molar-refractivity contribution in [1.82, 2.24) is 9.62 Å². The van der Waals surface area contributed by atoms with Gasteiger partial charge in [-0.2, -0.15) is 0 Å². The minimum Gasteiger partial charge on any atom is -0.379 e. The van der Waals surface area contributed by atoms with Gasteiger partial charge >= 0.3 is 0 Å². The van der Waals surface area contributed by atoms with Crippen LogP contribution in [0.15, 0.2) is 57.9 Å². The van der Waals surface area contributed by atoms with Crippen molar-refractivity contribution in [2.24, 2.45) is 0 Å². The number of rotatable bonds is 6. The predicted octanol–water partition coefficient (Wildman–Crippen LogP) is 2.76. The molecule has 0 aromatic heterocycles. The van der Waals surface area contributed by atoms with Crippen molar-refractivity contribution in [2.75, 3.05) is 26.3 Å². The van der Waals surface area contributed by atoms with Crippen molar-refractivity contribution in [3.8, 4) is 0 Å². The van der Waals surface area contributed by atoms with Crippen molar-refractivity contribution in [3.63, 3.8) is 0 Å². The van der Waals surface area contributed by atoms with Gasteiger partial charge in [-0.15, -0.1) is 0 Å². The largest absolute Gasteiger partial charge is 0.379 e. The molecule has 3 rings (SSSR count). The summed E-state index contributed by atoms with van der Waals surface area (Å²) in [4.78, 5) is 2.61. The van der Waals surface area contributed by atoms with E-state index in [4.69, 9.17) is 4.74 Å². The van der Waals surface area contributed by atoms with E-state index in [9.17, 15) is 8.42 Å². The maximum atomic E-state index is 12.3. The summed E-state index contributed by atoms with van der Waals surface area (Å²) in [6.07, 6.45) is 0. The molecule has 0 aliphatic carbocycles. The first kappa shape index (κ1) is 18.5. The Hall–Kier alpha value is -1.25. The lowest BCUT2D eigenvalue weighted by atomic mass is 10.1. The molecular formula is C18H21BrN2O3S. The normalized spacial score (nSPS) is 16.0. The minimum absolute atomic E-state index is 0.255. The van der Waals surface area contributed by atoms with Crippen molar-refractivity contribution in [3.05, 3.63) is 64.1 Å². The number of benzene rings is 2. The Balaban J connectivity index is 1.58. The van der Waals surface area contributed by atoms with E-state index < -0.39 is 10.0 Å². The smallest absolute Gasteiger partial charge is 0.240 e. The van der Waals surface area contributed by atoms with E-state index in [1.54, 1.807) is 24.3 Å². The summed E-state index contributed by atoms with van der Waals surface area (Å²) in [5, 5.41) is 0. The van der Waals surface area contributed by atoms with E-state index in [0.29, 0.717) is 0 Å². The van der Waals surface area contributed by atoms with Crippen LogP contribution in [0.2, 0.25) is 0 Å². The molecule has 0 atom stereocenters. The molecule has 25 heavy (non-hydrogen) atoms. The molecule has 134 valence electrons. The van der Waals surface area contributed by atoms with Crippen LogP contribution in [0.25, 0.3) is 0 Å². The van der Waals surface area contributed by atoms with Gasteiger partial charge < -0.3 is 4.74 Å². The van der Waals surface area contributed by atoms with Crippen LogP contribution in [0.3, 0.4) is 0 Å². The van der Waals surface area contributed by atoms with Gasteiger partial charge in [0.1, 0.15) is 0 Å². The van der Waals surface area contributed by atoms with E-state index in [2.05, 4.69) is 37.7 Å². The van der Waals surface area contributed by atoms with Gasteiger partial charge in [-0.25, -0.2) is 13.1 Å². The molecule has 0 amide bonds. The Bertz CT molecular complexity index is 803. The molecule has 1 N–H and O–H groups in total. The van der Waals surface area contributed by atoms with Crippen molar-refractivity contribution < 1.29 is 13.2 Å². The number of hydrogen-bond acceptors (Lipinski definition) is 4. The monoisotopic (exact) mass is 424 g/mol. The van der Waals surface area contributed by atoms with Gasteiger partial charge in [0.15, 0.2) is 0 Å². The van der Waals surface area contributed by atoms with Gasteiger partial charge in [0.25, 0.3) is 0 Å². The van der Waals surface area contributed by atoms with E-state index in [0.717, 1.165) is 42.9 Å². The van der Waals surface area contributed by atoms with Gasteiger partial charge in [0.05, 0.1) is 18.1 Å². The fourth-order valence-electron chi connectivity index (χ4n) is 2.68. The highest BCUT2D eigenvalue weighted by Crippen LogP contribution is 2.16. The van der Waals surface area contributed by atoms with Crippen LogP contribution in [-0.4, -0.2) is 39.6 Å². The summed E-state index contributed by atoms with van der Waals surface area (Å²) in [6.45, 7) is 4.65. The molecule has 7 heteroatoms. The molecule has 1 saturated heterocycles. The fraction of sp³-hybridized carbons (Fsp3) is 0.333. The average molecular weight is 425 g/mol. The van der Waals surface area contributed by atoms with Gasteiger partial charge in [0.2, 0.25) is 10.0 Å². The zero-order chi connectivity index (χ0) is 17.7. The molecule has 0 unspecified atom stereocenters. The third-order valence-corrected chi connectivity index (χ3v) is 6.00. The summed E-state index contributed by atoms with van der Waals surface area (Å²) >= 11 is 3.30. The van der Waals surface area contributed by atoms with E-state index in [1.807, 2.05) is 12.1 Å². The Morgan fingerprint density at radius 3 is 2.40 bits per heavy atom. The van der Waals surface area contributed by atoms with Crippen LogP contribution in [0.5, 0.6) is 0 Å². The summed E-state index contributed by atoms with van der Waals surface area (Å²) in [7, 11) is -3.52. The quantitative estimate of drug-likeness (QED) is 0.774. The molecule has 0 spiro atoms. The van der Waals surface area contributed by atoms with E-state index in [1.165, 1.54) is 5.56 Å². The number of halogens is 1. The number of ether oxygens (including phenoxy) is 1. The SMILES string of the molecule is O=S(=O)(NCc1ccc(CN2CCOCC2)cc1)c1cccc(Br)c1. The third-order valence-electron chi connectivity index (χ3n) is 4.11. The maximum absolute atomic E-state index is 12.3. The highest BCUT2D eigenvalue weighted by molar-refractivity contribution is 9.10. The van der Waals surface area contributed by atoms with Crippen LogP contribution in [0.1, 0.15) is 11.1 Å². The zero-order valence-corrected chi connectivity index (χ0v) is 16.2. The van der Waals surface area contributed by atoms with E-state index in [-0.39, 0.29) is 11.4 Å². The van der Waals surface area contributed by atoms with Crippen LogP contribution >= 0.6 is 15.9 Å². The Kier molecular flexibility index (Phi) is 6.24. The molecule has 2 aromatic rings. The van der Waals surface area contributed by atoms with Gasteiger partial charge in [-0.05, 0) is 29.3 Å². The summed E-state index contributed by atoms with van der Waals surface area (Å²) in [6, 6.07) is 14.7. The Morgan fingerprint density at radius 1 is 1.04 bits per heavy atom. The number of morpholine rings is 1. The lowest BCUT2D eigenvalue weighted by Gasteiger charge is -2.26. The second-order valence-corrected chi connectivity index (χ2v) is 8.67. The van der Waals surface area contributed by atoms with Gasteiger partial charge in [-0.3, -0.25) is 4.90 Å². The second-order valence-electron chi connectivity index (χ2n) is 5.99. The average Bonchev–Trinajstić information content (AvgIpc) is 2.62. The van der Waals surface area contributed by atoms with Crippen LogP contribution in [0.4, 0.5) is 0 Å². The molecule has 5 nitrogen and oxygen atoms in total. The highest BCUT2D eigenvalue weighted by Gasteiger charge is 2.14. The van der Waals surface area contributed by atoms with Crippen molar-refractivity contribution in [1.29, 1.82) is 0 Å². The molecule has 1 heterocycles. The molecule has 1 aliphatic heterocycles. The van der Waals surface area contributed by atoms with Crippen molar-refractivity contribution >= 4 is 26.0 Å². The molecule has 1 aliphatic rings. The third kappa shape index (κ3) is 5.36. The number of nitrogens with zero attached hydrogens (tertiary/aromatic N) is 1. The highest BCUT2D eigenvalue weighted by atomic mass is 79.9. The molecule has 1 fully saturated rings. The lowest BCUT2D eigenvalue weighted by Crippen LogP contribution is -2.35. The number of nitrogens with one attached hydrogen (secondary N) is 1. The number of hydrogen-bond donors (Lipinski definition) is 1. The van der Waals surface area contributed by atoms with E-state index >= 15 is 0 Å². The molecular weight excluding hydrogens is 404 g/mol. The summed E-state index contributed by atoms with van der Waals surface area (Å²) in [5.41, 5.74) is 2.16. The van der Waals surface area contributed by atoms with Gasteiger partial charge in [-0.1, -0.05) is 46.3 Å². The van der Waals surface area contributed by atoms with Crippen molar-refractivity contribution in [2.45, 2.75) is 18.0 Å². The summed E-state index contributed by atoms with van der Waals surface area (Å²) in [5.74, 6) is 0. The number of sulfonamides is 1. The zero-order valence-electron chi connectivity index (χ0n) is 13.8. The first-order valence-corrected chi connectivity index (χ1v) is 10.4. The topological polar surface area (TPSA) is 58.6 Å². The van der Waals surface area contributed by atoms with Gasteiger partial charge in [0, 0.05) is 30.7 Å². The Labute approximate surface area is 157 Å². The standard InChI is InChI=1S/C18H21BrN2O3S/c19-17-2-1-3-18(12-17)25(22,23)20-13-15-4-6-16(7-5-15)14-21-8-10-24-11-9-21/h1-7,12,20H,8-11,13-14H2.